The lowest BCUT2D eigenvalue weighted by Crippen LogP contribution is -2.32. The van der Waals surface area contributed by atoms with Crippen LogP contribution in [0.4, 0.5) is 5.69 Å². The summed E-state index contributed by atoms with van der Waals surface area (Å²) in [5.74, 6) is 11.0. The molecule has 0 unspecified atom stereocenters. The van der Waals surface area contributed by atoms with Crippen molar-refractivity contribution in [3.05, 3.63) is 53.6 Å². The van der Waals surface area contributed by atoms with E-state index in [0.717, 1.165) is 16.7 Å². The number of hydrazone groups is 1. The van der Waals surface area contributed by atoms with Gasteiger partial charge in [0.1, 0.15) is 0 Å². The molecule has 0 bridgehead atoms. The third-order valence-electron chi connectivity index (χ3n) is 3.08. The van der Waals surface area contributed by atoms with Crippen molar-refractivity contribution in [1.29, 1.82) is 0 Å². The number of nitrogens with two attached hydrogens (primary N) is 3. The first-order chi connectivity index (χ1) is 11.5. The number of rotatable bonds is 4. The Bertz CT molecular complexity index is 701. The van der Waals surface area contributed by atoms with Crippen LogP contribution in [-0.2, 0) is 9.53 Å². The second kappa shape index (κ2) is 9.86. The van der Waals surface area contributed by atoms with Gasteiger partial charge in [-0.15, -0.1) is 0 Å². The molecule has 0 atom stereocenters. The molecule has 24 heavy (non-hydrogen) atoms. The summed E-state index contributed by atoms with van der Waals surface area (Å²) in [6.45, 7) is 4.71. The number of anilines is 1. The fourth-order valence-corrected chi connectivity index (χ4v) is 2.04. The number of hydrogen-bond donors (Lipinski definition) is 4. The van der Waals surface area contributed by atoms with E-state index in [1.54, 1.807) is 13.0 Å². The van der Waals surface area contributed by atoms with Crippen molar-refractivity contribution in [3.8, 4) is 11.1 Å². The lowest BCUT2D eigenvalue weighted by molar-refractivity contribution is -0.128. The lowest BCUT2D eigenvalue weighted by atomic mass is 10.0. The molecule has 7 nitrogen and oxygen atoms in total. The number of hydrogen-bond acceptors (Lipinski definition) is 6. The summed E-state index contributed by atoms with van der Waals surface area (Å²) in [5.41, 5.74) is 13.0. The van der Waals surface area contributed by atoms with E-state index in [0.29, 0.717) is 24.6 Å². The molecule has 0 aromatic heterocycles. The summed E-state index contributed by atoms with van der Waals surface area (Å²) >= 11 is 0. The van der Waals surface area contributed by atoms with Gasteiger partial charge in [0.05, 0.1) is 6.61 Å². The van der Waals surface area contributed by atoms with Crippen molar-refractivity contribution in [2.75, 3.05) is 12.3 Å². The van der Waals surface area contributed by atoms with Gasteiger partial charge in [0.2, 0.25) is 0 Å². The van der Waals surface area contributed by atoms with Crippen molar-refractivity contribution >= 4 is 18.0 Å². The molecule has 0 aliphatic heterocycles. The minimum absolute atomic E-state index is 0.390. The van der Waals surface area contributed by atoms with Crippen molar-refractivity contribution in [2.45, 2.75) is 13.8 Å². The Labute approximate surface area is 141 Å². The topological polar surface area (TPSA) is 129 Å². The average Bonchev–Trinajstić information content (AvgIpc) is 2.57. The van der Waals surface area contributed by atoms with Crippen LogP contribution in [0.3, 0.4) is 0 Å². The van der Waals surface area contributed by atoms with E-state index in [-0.39, 0.29) is 0 Å². The number of aryl methyl sites for hydroxylation is 1. The minimum atomic E-state index is 0.390. The van der Waals surface area contributed by atoms with Gasteiger partial charge >= 0.3 is 0 Å². The van der Waals surface area contributed by atoms with Crippen LogP contribution in [0.2, 0.25) is 0 Å². The monoisotopic (exact) mass is 329 g/mol. The Morgan fingerprint density at radius 2 is 2.00 bits per heavy atom. The average molecular weight is 329 g/mol. The van der Waals surface area contributed by atoms with Gasteiger partial charge in [0.15, 0.2) is 5.84 Å². The largest absolute Gasteiger partial charge is 0.468 e. The molecule has 7 N–H and O–H groups in total. The Hall–Kier alpha value is -3.06. The highest BCUT2D eigenvalue weighted by Gasteiger charge is 2.06. The zero-order valence-corrected chi connectivity index (χ0v) is 13.8. The summed E-state index contributed by atoms with van der Waals surface area (Å²) in [6, 6.07) is 13.8. The van der Waals surface area contributed by atoms with Gasteiger partial charge in [-0.05, 0) is 43.2 Å². The molecule has 2 aromatic rings. The standard InChI is InChI=1S/C14H17N5.C3H6O2/c1-9-3-2-4-10(5-9)11-6-12(8-13(15)7-11)14(18-16)19-17;1-2-5-3-4/h2-8H,15-17H2,1H3,(H,18,19);3H,2H2,1H3. The first kappa shape index (κ1) is 19.0. The molecule has 7 heteroatoms. The summed E-state index contributed by atoms with van der Waals surface area (Å²) in [6.07, 6.45) is 0. The second-order valence-electron chi connectivity index (χ2n) is 4.89. The minimum Gasteiger partial charge on any atom is -0.468 e. The fourth-order valence-electron chi connectivity index (χ4n) is 2.04. The zero-order valence-electron chi connectivity index (χ0n) is 13.8. The molecule has 0 fully saturated rings. The van der Waals surface area contributed by atoms with Crippen LogP contribution < -0.4 is 22.8 Å². The van der Waals surface area contributed by atoms with Crippen LogP contribution in [-0.4, -0.2) is 18.9 Å². The van der Waals surface area contributed by atoms with Gasteiger partial charge in [0, 0.05) is 11.3 Å². The zero-order chi connectivity index (χ0) is 17.9. The molecule has 128 valence electrons. The van der Waals surface area contributed by atoms with Gasteiger partial charge in [-0.3, -0.25) is 4.79 Å². The van der Waals surface area contributed by atoms with E-state index in [2.05, 4.69) is 21.3 Å². The van der Waals surface area contributed by atoms with Gasteiger partial charge in [0.25, 0.3) is 6.47 Å². The Morgan fingerprint density at radius 3 is 2.50 bits per heavy atom. The predicted molar refractivity (Wildman–Crippen MR) is 96.8 cm³/mol. The molecule has 0 aliphatic carbocycles. The van der Waals surface area contributed by atoms with Gasteiger partial charge in [-0.25, -0.2) is 5.84 Å². The molecule has 0 heterocycles. The first-order valence-electron chi connectivity index (χ1n) is 7.33. The first-order valence-corrected chi connectivity index (χ1v) is 7.33. The maximum Gasteiger partial charge on any atom is 0.293 e. The molecule has 0 radical (unpaired) electrons. The van der Waals surface area contributed by atoms with Gasteiger partial charge in [-0.1, -0.05) is 29.8 Å². The number of nitrogens with zero attached hydrogens (tertiary/aromatic N) is 1. The molecule has 2 rings (SSSR count). The maximum atomic E-state index is 9.18. The van der Waals surface area contributed by atoms with Crippen LogP contribution >= 0.6 is 0 Å². The highest BCUT2D eigenvalue weighted by Crippen LogP contribution is 2.24. The van der Waals surface area contributed by atoms with E-state index >= 15 is 0 Å². The van der Waals surface area contributed by atoms with Gasteiger partial charge in [-0.2, -0.15) is 5.10 Å². The van der Waals surface area contributed by atoms with Crippen LogP contribution in [0, 0.1) is 6.92 Å². The number of nitrogens with one attached hydrogen (secondary N) is 1. The van der Waals surface area contributed by atoms with E-state index in [9.17, 15) is 4.79 Å². The highest BCUT2D eigenvalue weighted by atomic mass is 16.5. The second-order valence-corrected chi connectivity index (χ2v) is 4.89. The molecule has 0 aliphatic rings. The third kappa shape index (κ3) is 5.62. The van der Waals surface area contributed by atoms with Crippen LogP contribution in [0.1, 0.15) is 18.1 Å². The number of hydrazine groups is 1. The third-order valence-corrected chi connectivity index (χ3v) is 3.08. The fraction of sp³-hybridized carbons (Fsp3) is 0.176. The number of benzene rings is 2. The summed E-state index contributed by atoms with van der Waals surface area (Å²) < 4.78 is 4.15. The summed E-state index contributed by atoms with van der Waals surface area (Å²) in [5, 5.41) is 3.60. The van der Waals surface area contributed by atoms with Gasteiger partial charge < -0.3 is 21.7 Å². The van der Waals surface area contributed by atoms with Crippen molar-refractivity contribution in [3.63, 3.8) is 0 Å². The number of carbonyl (C=O) groups is 1. The number of ether oxygens (including phenoxy) is 1. The number of carbonyl (C=O) groups excluding carboxylic acids is 1. The van der Waals surface area contributed by atoms with E-state index in [1.807, 2.05) is 37.3 Å². The van der Waals surface area contributed by atoms with Crippen LogP contribution in [0.25, 0.3) is 11.1 Å². The van der Waals surface area contributed by atoms with E-state index in [4.69, 9.17) is 17.4 Å². The molecular weight excluding hydrogens is 306 g/mol. The maximum absolute atomic E-state index is 9.18. The SMILES string of the molecule is CCOC=O.Cc1cccc(-c2cc(N)cc(/C(=N/N)NN)c2)c1. The Balaban J connectivity index is 0.000000505. The lowest BCUT2D eigenvalue weighted by Gasteiger charge is -2.09. The Kier molecular flexibility index (Phi) is 7.80. The molecule has 0 saturated heterocycles. The molecule has 0 saturated carbocycles. The van der Waals surface area contributed by atoms with Crippen molar-refractivity contribution in [1.82, 2.24) is 5.43 Å². The van der Waals surface area contributed by atoms with E-state index in [1.165, 1.54) is 5.56 Å². The molecule has 2 aromatic carbocycles. The molecule has 0 amide bonds. The predicted octanol–water partition coefficient (Wildman–Crippen LogP) is 1.51. The van der Waals surface area contributed by atoms with Crippen LogP contribution in [0.5, 0.6) is 0 Å². The summed E-state index contributed by atoms with van der Waals surface area (Å²) in [7, 11) is 0. The number of amidine groups is 1. The van der Waals surface area contributed by atoms with Crippen molar-refractivity contribution < 1.29 is 9.53 Å². The van der Waals surface area contributed by atoms with E-state index < -0.39 is 0 Å². The van der Waals surface area contributed by atoms with Crippen LogP contribution in [0.15, 0.2) is 47.6 Å². The Morgan fingerprint density at radius 1 is 1.25 bits per heavy atom. The highest BCUT2D eigenvalue weighted by molar-refractivity contribution is 6.00. The molecular formula is C17H23N5O2. The summed E-state index contributed by atoms with van der Waals surface area (Å²) in [4.78, 5) is 9.18. The quantitative estimate of drug-likeness (QED) is 0.168. The van der Waals surface area contributed by atoms with Crippen molar-refractivity contribution in [2.24, 2.45) is 16.8 Å². The number of nitrogen functional groups attached to an aromatic ring is 1. The molecule has 0 spiro atoms. The normalized spacial score (nSPS) is 10.4. The smallest absolute Gasteiger partial charge is 0.293 e.